The third kappa shape index (κ3) is 1.71. The van der Waals surface area contributed by atoms with E-state index in [9.17, 15) is 18.0 Å². The molecule has 2 heterocycles. The van der Waals surface area contributed by atoms with E-state index in [-0.39, 0.29) is 11.6 Å². The van der Waals surface area contributed by atoms with Gasteiger partial charge < -0.3 is 0 Å². The second-order valence-electron chi connectivity index (χ2n) is 4.16. The van der Waals surface area contributed by atoms with Crippen LogP contribution in [0, 0.1) is 0 Å². The molecule has 1 N–H and O–H groups in total. The third-order valence-electron chi connectivity index (χ3n) is 2.77. The van der Waals surface area contributed by atoms with Gasteiger partial charge >= 0.3 is 6.18 Å². The Hall–Kier alpha value is -1.79. The number of hydrogen-bond donors (Lipinski definition) is 1. The smallest absolute Gasteiger partial charge is 0.276 e. The predicted molar refractivity (Wildman–Crippen MR) is 52.8 cm³/mol. The predicted octanol–water partition coefficient (Wildman–Crippen LogP) is 1.92. The summed E-state index contributed by atoms with van der Waals surface area (Å²) in [6.45, 7) is 0. The number of halogens is 3. The zero-order chi connectivity index (χ0) is 12.2. The maximum Gasteiger partial charge on any atom is 0.416 e. The van der Waals surface area contributed by atoms with Gasteiger partial charge in [-0.1, -0.05) is 0 Å². The Kier molecular flexibility index (Phi) is 1.90. The van der Waals surface area contributed by atoms with Crippen molar-refractivity contribution in [2.45, 2.75) is 24.9 Å². The van der Waals surface area contributed by atoms with Gasteiger partial charge in [0.25, 0.3) is 5.56 Å². The summed E-state index contributed by atoms with van der Waals surface area (Å²) in [6, 6.07) is 1.45. The van der Waals surface area contributed by atoms with Crippen LogP contribution in [0.1, 0.15) is 30.1 Å². The molecule has 1 aliphatic rings. The molecule has 7 heteroatoms. The number of aromatic amines is 1. The summed E-state index contributed by atoms with van der Waals surface area (Å²) in [5, 5.41) is 2.73. The molecule has 90 valence electrons. The van der Waals surface area contributed by atoms with E-state index < -0.39 is 17.3 Å². The Morgan fingerprint density at radius 2 is 2.06 bits per heavy atom. The van der Waals surface area contributed by atoms with Gasteiger partial charge in [0, 0.05) is 12.0 Å². The molecule has 0 aromatic carbocycles. The molecule has 2 aromatic heterocycles. The van der Waals surface area contributed by atoms with E-state index >= 15 is 0 Å². The van der Waals surface area contributed by atoms with Crippen molar-refractivity contribution in [1.82, 2.24) is 14.6 Å². The summed E-state index contributed by atoms with van der Waals surface area (Å²) in [7, 11) is 0. The topological polar surface area (TPSA) is 50.2 Å². The van der Waals surface area contributed by atoms with E-state index in [0.29, 0.717) is 11.9 Å². The molecule has 1 saturated carbocycles. The number of H-pyrrole nitrogens is 1. The van der Waals surface area contributed by atoms with Crippen LogP contribution in [-0.4, -0.2) is 14.6 Å². The Labute approximate surface area is 93.1 Å². The SMILES string of the molecule is O=c1cc(C(F)(F)F)cc2nc(C3CC3)[nH]n12. The molecule has 0 unspecified atom stereocenters. The highest BCUT2D eigenvalue weighted by Crippen LogP contribution is 2.38. The summed E-state index contributed by atoms with van der Waals surface area (Å²) in [5.41, 5.74) is -1.68. The number of fused-ring (bicyclic) bond motifs is 1. The van der Waals surface area contributed by atoms with Crippen molar-refractivity contribution in [3.05, 3.63) is 33.9 Å². The number of pyridine rings is 1. The second-order valence-corrected chi connectivity index (χ2v) is 4.16. The molecule has 0 spiro atoms. The molecule has 2 aromatic rings. The molecule has 1 fully saturated rings. The van der Waals surface area contributed by atoms with Crippen molar-refractivity contribution in [2.75, 3.05) is 0 Å². The van der Waals surface area contributed by atoms with E-state index in [1.54, 1.807) is 0 Å². The van der Waals surface area contributed by atoms with Crippen LogP contribution in [0.5, 0.6) is 0 Å². The number of nitrogens with zero attached hydrogens (tertiary/aromatic N) is 2. The Morgan fingerprint density at radius 3 is 2.65 bits per heavy atom. The van der Waals surface area contributed by atoms with E-state index in [1.165, 1.54) is 0 Å². The van der Waals surface area contributed by atoms with Gasteiger partial charge in [-0.15, -0.1) is 0 Å². The standard InChI is InChI=1S/C10H8F3N3O/c11-10(12,13)6-3-7-14-9(5-1-2-5)15-16(7)8(17)4-6/h3-5H,1-2H2,(H,14,15). The van der Waals surface area contributed by atoms with Gasteiger partial charge in [-0.3, -0.25) is 9.89 Å². The normalized spacial score (nSPS) is 16.6. The summed E-state index contributed by atoms with van der Waals surface area (Å²) in [4.78, 5) is 15.5. The first-order valence-electron chi connectivity index (χ1n) is 5.15. The Balaban J connectivity index is 2.21. The molecule has 0 radical (unpaired) electrons. The molecule has 0 aliphatic heterocycles. The highest BCUT2D eigenvalue weighted by Gasteiger charge is 2.32. The maximum atomic E-state index is 12.5. The van der Waals surface area contributed by atoms with Crippen molar-refractivity contribution in [2.24, 2.45) is 0 Å². The molecule has 4 nitrogen and oxygen atoms in total. The van der Waals surface area contributed by atoms with Gasteiger partial charge in [0.1, 0.15) is 5.82 Å². The lowest BCUT2D eigenvalue weighted by Gasteiger charge is -2.04. The maximum absolute atomic E-state index is 12.5. The lowest BCUT2D eigenvalue weighted by molar-refractivity contribution is -0.137. The molecule has 3 rings (SSSR count). The lowest BCUT2D eigenvalue weighted by atomic mass is 10.2. The average Bonchev–Trinajstić information content (AvgIpc) is 2.97. The first kappa shape index (κ1) is 10.4. The highest BCUT2D eigenvalue weighted by molar-refractivity contribution is 5.42. The average molecular weight is 243 g/mol. The fourth-order valence-corrected chi connectivity index (χ4v) is 1.72. The van der Waals surface area contributed by atoms with E-state index in [4.69, 9.17) is 0 Å². The fraction of sp³-hybridized carbons (Fsp3) is 0.400. The number of hydrogen-bond acceptors (Lipinski definition) is 2. The minimum absolute atomic E-state index is 0.0201. The minimum atomic E-state index is -4.52. The molecular weight excluding hydrogens is 235 g/mol. The first-order chi connectivity index (χ1) is 7.95. The number of aromatic nitrogens is 3. The number of alkyl halides is 3. The van der Waals surface area contributed by atoms with E-state index in [1.807, 2.05) is 0 Å². The Morgan fingerprint density at radius 1 is 1.35 bits per heavy atom. The zero-order valence-electron chi connectivity index (χ0n) is 8.58. The first-order valence-corrected chi connectivity index (χ1v) is 5.15. The van der Waals surface area contributed by atoms with Crippen LogP contribution in [0.2, 0.25) is 0 Å². The molecule has 0 amide bonds. The van der Waals surface area contributed by atoms with Gasteiger partial charge in [0.15, 0.2) is 5.65 Å². The van der Waals surface area contributed by atoms with Crippen molar-refractivity contribution in [1.29, 1.82) is 0 Å². The largest absolute Gasteiger partial charge is 0.416 e. The Bertz CT molecular complexity index is 636. The highest BCUT2D eigenvalue weighted by atomic mass is 19.4. The summed E-state index contributed by atoms with van der Waals surface area (Å²) in [6.07, 6.45) is -2.60. The van der Waals surface area contributed by atoms with Crippen molar-refractivity contribution >= 4 is 5.65 Å². The summed E-state index contributed by atoms with van der Waals surface area (Å²) < 4.78 is 38.5. The zero-order valence-corrected chi connectivity index (χ0v) is 8.58. The van der Waals surface area contributed by atoms with Crippen LogP contribution in [-0.2, 0) is 6.18 Å². The second kappa shape index (κ2) is 3.12. The van der Waals surface area contributed by atoms with Crippen LogP contribution in [0.4, 0.5) is 13.2 Å². The van der Waals surface area contributed by atoms with Crippen LogP contribution >= 0.6 is 0 Å². The molecular formula is C10H8F3N3O. The van der Waals surface area contributed by atoms with Crippen molar-refractivity contribution < 1.29 is 13.2 Å². The van der Waals surface area contributed by atoms with Gasteiger partial charge in [0.2, 0.25) is 0 Å². The lowest BCUT2D eigenvalue weighted by Crippen LogP contribution is -2.17. The third-order valence-corrected chi connectivity index (χ3v) is 2.77. The summed E-state index contributed by atoms with van der Waals surface area (Å²) in [5.74, 6) is 0.838. The van der Waals surface area contributed by atoms with Crippen molar-refractivity contribution in [3.8, 4) is 0 Å². The number of nitrogens with one attached hydrogen (secondary N) is 1. The van der Waals surface area contributed by atoms with Gasteiger partial charge in [-0.25, -0.2) is 9.50 Å². The summed E-state index contributed by atoms with van der Waals surface area (Å²) >= 11 is 0. The monoisotopic (exact) mass is 243 g/mol. The quantitative estimate of drug-likeness (QED) is 0.831. The molecule has 1 aliphatic carbocycles. The molecule has 17 heavy (non-hydrogen) atoms. The number of rotatable bonds is 1. The van der Waals surface area contributed by atoms with E-state index in [2.05, 4.69) is 10.1 Å². The van der Waals surface area contributed by atoms with Crippen LogP contribution in [0.15, 0.2) is 16.9 Å². The van der Waals surface area contributed by atoms with Crippen LogP contribution in [0.3, 0.4) is 0 Å². The molecule has 0 bridgehead atoms. The molecule has 0 atom stereocenters. The van der Waals surface area contributed by atoms with Crippen LogP contribution < -0.4 is 5.56 Å². The van der Waals surface area contributed by atoms with Crippen LogP contribution in [0.25, 0.3) is 5.65 Å². The van der Waals surface area contributed by atoms with Gasteiger partial charge in [-0.2, -0.15) is 13.2 Å². The molecule has 0 saturated heterocycles. The van der Waals surface area contributed by atoms with Gasteiger partial charge in [0.05, 0.1) is 5.56 Å². The fourth-order valence-electron chi connectivity index (χ4n) is 1.72. The van der Waals surface area contributed by atoms with Gasteiger partial charge in [-0.05, 0) is 18.9 Å². The van der Waals surface area contributed by atoms with E-state index in [0.717, 1.165) is 23.4 Å². The minimum Gasteiger partial charge on any atom is -0.276 e. The van der Waals surface area contributed by atoms with Crippen molar-refractivity contribution in [3.63, 3.8) is 0 Å².